The van der Waals surface area contributed by atoms with Crippen LogP contribution < -0.4 is 0 Å². The maximum atomic E-state index is 6.16. The summed E-state index contributed by atoms with van der Waals surface area (Å²) in [5.41, 5.74) is 3.38. The van der Waals surface area contributed by atoms with Gasteiger partial charge in [0.25, 0.3) is 0 Å². The fraction of sp³-hybridized carbons (Fsp3) is 0.167. The van der Waals surface area contributed by atoms with Crippen LogP contribution in [0.25, 0.3) is 0 Å². The van der Waals surface area contributed by atoms with Crippen LogP contribution in [0.5, 0.6) is 0 Å². The first kappa shape index (κ1) is 13.9. The number of hydrogen-bond acceptors (Lipinski definition) is 1. The summed E-state index contributed by atoms with van der Waals surface area (Å²) in [5.74, 6) is 0. The van der Waals surface area contributed by atoms with Crippen LogP contribution in [0.2, 0.25) is 8.67 Å². The van der Waals surface area contributed by atoms with Gasteiger partial charge < -0.3 is 0 Å². The lowest BCUT2D eigenvalue weighted by molar-refractivity contribution is 1.18. The summed E-state index contributed by atoms with van der Waals surface area (Å²) in [6.07, 6.45) is 0. The topological polar surface area (TPSA) is 0 Å². The van der Waals surface area contributed by atoms with E-state index in [2.05, 4.69) is 50.9 Å². The largest absolute Gasteiger partial charge is 0.111 e. The minimum Gasteiger partial charge on any atom is -0.111 e. The third-order valence-corrected chi connectivity index (χ3v) is 5.86. The molecular weight excluding hydrogens is 407 g/mol. The van der Waals surface area contributed by atoms with Crippen molar-refractivity contribution < 1.29 is 0 Å². The molecule has 2 rings (SSSR count). The molecule has 0 saturated heterocycles. The zero-order chi connectivity index (χ0) is 12.6. The van der Waals surface area contributed by atoms with Crippen LogP contribution in [-0.4, -0.2) is 0 Å². The Kier molecular flexibility index (Phi) is 4.59. The monoisotopic (exact) mass is 412 g/mol. The number of halogens is 4. The summed E-state index contributed by atoms with van der Waals surface area (Å²) in [5, 5.41) is 0. The molecule has 0 spiro atoms. The van der Waals surface area contributed by atoms with Crippen LogP contribution in [0.1, 0.15) is 21.5 Å². The molecule has 1 atom stereocenters. The van der Waals surface area contributed by atoms with Gasteiger partial charge in [-0.3, -0.25) is 0 Å². The van der Waals surface area contributed by atoms with Crippen molar-refractivity contribution >= 4 is 66.4 Å². The molecule has 2 aromatic rings. The van der Waals surface area contributed by atoms with Crippen molar-refractivity contribution in [1.29, 1.82) is 0 Å². The summed E-state index contributed by atoms with van der Waals surface area (Å²) >= 11 is 20.7. The molecule has 0 aliphatic rings. The van der Waals surface area contributed by atoms with Crippen LogP contribution in [0.4, 0.5) is 0 Å². The minimum absolute atomic E-state index is 0.0746. The number of benzene rings is 1. The Morgan fingerprint density at radius 1 is 1.24 bits per heavy atom. The highest BCUT2D eigenvalue weighted by atomic mass is 79.9. The fourth-order valence-electron chi connectivity index (χ4n) is 1.53. The maximum Gasteiger partial charge on any atom is 0.0990 e. The molecule has 1 aromatic carbocycles. The number of thiophene rings is 1. The van der Waals surface area contributed by atoms with Gasteiger partial charge >= 0.3 is 0 Å². The summed E-state index contributed by atoms with van der Waals surface area (Å²) in [7, 11) is 0. The first-order valence-electron chi connectivity index (χ1n) is 4.84. The Balaban J connectivity index is 2.40. The van der Waals surface area contributed by atoms with Crippen LogP contribution in [0, 0.1) is 6.92 Å². The van der Waals surface area contributed by atoms with E-state index in [4.69, 9.17) is 23.2 Å². The molecule has 0 nitrogen and oxygen atoms in total. The Labute approximate surface area is 131 Å². The number of aryl methyl sites for hydroxylation is 1. The Bertz CT molecular complexity index is 551. The zero-order valence-electron chi connectivity index (χ0n) is 8.81. The molecule has 0 aliphatic heterocycles. The van der Waals surface area contributed by atoms with Crippen molar-refractivity contribution in [2.75, 3.05) is 0 Å². The SMILES string of the molecule is Cc1cc(C(Br)c2cc(Cl)sc2Cl)ccc1Br. The lowest BCUT2D eigenvalue weighted by atomic mass is 10.1. The highest BCUT2D eigenvalue weighted by Crippen LogP contribution is 2.42. The number of hydrogen-bond donors (Lipinski definition) is 0. The smallest absolute Gasteiger partial charge is 0.0990 e. The lowest BCUT2D eigenvalue weighted by Gasteiger charge is -2.11. The first-order valence-corrected chi connectivity index (χ1v) is 8.12. The van der Waals surface area contributed by atoms with Gasteiger partial charge in [0, 0.05) is 10.0 Å². The quantitative estimate of drug-likeness (QED) is 0.485. The average molecular weight is 415 g/mol. The van der Waals surface area contributed by atoms with Crippen LogP contribution in [0.15, 0.2) is 28.7 Å². The maximum absolute atomic E-state index is 6.16. The van der Waals surface area contributed by atoms with Gasteiger partial charge in [0.15, 0.2) is 0 Å². The molecule has 0 fully saturated rings. The molecule has 0 radical (unpaired) electrons. The predicted molar refractivity (Wildman–Crippen MR) is 84.0 cm³/mol. The van der Waals surface area contributed by atoms with Gasteiger partial charge in [-0.1, -0.05) is 67.2 Å². The van der Waals surface area contributed by atoms with E-state index in [0.717, 1.165) is 14.4 Å². The van der Waals surface area contributed by atoms with Gasteiger partial charge in [-0.25, -0.2) is 0 Å². The second kappa shape index (κ2) is 5.62. The van der Waals surface area contributed by atoms with Gasteiger partial charge in [0.1, 0.15) is 0 Å². The third-order valence-electron chi connectivity index (χ3n) is 2.43. The van der Waals surface area contributed by atoms with Crippen molar-refractivity contribution in [2.45, 2.75) is 11.8 Å². The van der Waals surface area contributed by atoms with E-state index in [1.54, 1.807) is 0 Å². The average Bonchev–Trinajstić information content (AvgIpc) is 2.61. The van der Waals surface area contributed by atoms with E-state index < -0.39 is 0 Å². The molecule has 0 amide bonds. The fourth-order valence-corrected chi connectivity index (χ4v) is 4.24. The van der Waals surface area contributed by atoms with Gasteiger partial charge in [-0.05, 0) is 30.2 Å². The lowest BCUT2D eigenvalue weighted by Crippen LogP contribution is -1.92. The van der Waals surface area contributed by atoms with E-state index in [1.807, 2.05) is 12.1 Å². The van der Waals surface area contributed by atoms with E-state index in [-0.39, 0.29) is 4.83 Å². The summed E-state index contributed by atoms with van der Waals surface area (Å²) in [6, 6.07) is 8.15. The summed E-state index contributed by atoms with van der Waals surface area (Å²) in [6.45, 7) is 2.06. The van der Waals surface area contributed by atoms with E-state index in [9.17, 15) is 0 Å². The standard InChI is InChI=1S/C12H8Br2Cl2S/c1-6-4-7(2-3-9(6)13)11(14)8-5-10(15)17-12(8)16/h2-5,11H,1H3. The third kappa shape index (κ3) is 3.07. The molecule has 0 saturated carbocycles. The Morgan fingerprint density at radius 3 is 2.47 bits per heavy atom. The predicted octanol–water partition coefficient (Wildman–Crippen LogP) is 6.61. The van der Waals surface area contributed by atoms with Crippen molar-refractivity contribution in [3.05, 3.63) is 54.1 Å². The van der Waals surface area contributed by atoms with Crippen LogP contribution >= 0.6 is 66.4 Å². The highest BCUT2D eigenvalue weighted by molar-refractivity contribution is 9.10. The van der Waals surface area contributed by atoms with Crippen molar-refractivity contribution in [3.8, 4) is 0 Å². The molecule has 1 unspecified atom stereocenters. The summed E-state index contributed by atoms with van der Waals surface area (Å²) < 4.78 is 2.55. The molecule has 1 aromatic heterocycles. The normalized spacial score (nSPS) is 12.8. The second-order valence-corrected chi connectivity index (χ2v) is 7.71. The van der Waals surface area contributed by atoms with Crippen molar-refractivity contribution in [3.63, 3.8) is 0 Å². The molecule has 1 heterocycles. The van der Waals surface area contributed by atoms with Gasteiger partial charge in [0.05, 0.1) is 13.5 Å². The van der Waals surface area contributed by atoms with Crippen LogP contribution in [0.3, 0.4) is 0 Å². The van der Waals surface area contributed by atoms with E-state index in [1.165, 1.54) is 22.5 Å². The second-order valence-electron chi connectivity index (χ2n) is 3.65. The molecule has 0 N–H and O–H groups in total. The Morgan fingerprint density at radius 2 is 1.94 bits per heavy atom. The van der Waals surface area contributed by atoms with E-state index in [0.29, 0.717) is 4.34 Å². The molecule has 17 heavy (non-hydrogen) atoms. The Hall–Kier alpha value is 0.460. The zero-order valence-corrected chi connectivity index (χ0v) is 14.3. The first-order chi connectivity index (χ1) is 7.99. The van der Waals surface area contributed by atoms with E-state index >= 15 is 0 Å². The molecule has 0 bridgehead atoms. The minimum atomic E-state index is 0.0746. The van der Waals surface area contributed by atoms with Gasteiger partial charge in [-0.2, -0.15) is 0 Å². The van der Waals surface area contributed by atoms with Crippen molar-refractivity contribution in [1.82, 2.24) is 0 Å². The summed E-state index contributed by atoms with van der Waals surface area (Å²) in [4.78, 5) is 0.0746. The van der Waals surface area contributed by atoms with Crippen molar-refractivity contribution in [2.24, 2.45) is 0 Å². The molecule has 90 valence electrons. The molecule has 0 aliphatic carbocycles. The molecular formula is C12H8Br2Cl2S. The highest BCUT2D eigenvalue weighted by Gasteiger charge is 2.17. The van der Waals surface area contributed by atoms with Gasteiger partial charge in [-0.15, -0.1) is 11.3 Å². The molecule has 5 heteroatoms. The number of rotatable bonds is 2. The van der Waals surface area contributed by atoms with Gasteiger partial charge in [0.2, 0.25) is 0 Å². The number of alkyl halides is 1. The van der Waals surface area contributed by atoms with Crippen LogP contribution in [-0.2, 0) is 0 Å².